The van der Waals surface area contributed by atoms with Gasteiger partial charge < -0.3 is 14.2 Å². The van der Waals surface area contributed by atoms with Crippen LogP contribution in [0.3, 0.4) is 0 Å². The summed E-state index contributed by atoms with van der Waals surface area (Å²) in [6, 6.07) is 0. The van der Waals surface area contributed by atoms with Gasteiger partial charge in [-0.1, -0.05) is 288 Å². The predicted molar refractivity (Wildman–Crippen MR) is 298 cm³/mol. The number of carbonyl (C=O) groups excluding carboxylic acids is 3. The Morgan fingerprint density at radius 3 is 0.884 bits per heavy atom. The molecule has 6 heteroatoms. The van der Waals surface area contributed by atoms with Gasteiger partial charge in [-0.05, 0) is 57.8 Å². The van der Waals surface area contributed by atoms with Gasteiger partial charge in [0.25, 0.3) is 0 Å². The lowest BCUT2D eigenvalue weighted by molar-refractivity contribution is -0.167. The Morgan fingerprint density at radius 2 is 0.565 bits per heavy atom. The Kier molecular flexibility index (Phi) is 55.7. The fraction of sp³-hybridized carbons (Fsp3) is 0.825. The molecule has 0 aromatic rings. The summed E-state index contributed by atoms with van der Waals surface area (Å²) in [5, 5.41) is 0. The van der Waals surface area contributed by atoms with Crippen molar-refractivity contribution in [2.75, 3.05) is 13.2 Å². The van der Waals surface area contributed by atoms with Crippen LogP contribution in [0, 0.1) is 0 Å². The van der Waals surface area contributed by atoms with E-state index in [4.69, 9.17) is 14.2 Å². The van der Waals surface area contributed by atoms with E-state index in [1.54, 1.807) is 0 Å². The third-order valence-electron chi connectivity index (χ3n) is 13.3. The second kappa shape index (κ2) is 57.9. The maximum Gasteiger partial charge on any atom is 0.306 e. The SMILES string of the molecule is CC/C=C\C/C=C\C/C=C\C/C=C\CCCCCCCCCCCCC(=O)OCC(COC(=O)CCCCCCC)OC(=O)CCCCCCCCCCCCCCCCCCCCCCCCC. The highest BCUT2D eigenvalue weighted by Gasteiger charge is 2.19. The van der Waals surface area contributed by atoms with Gasteiger partial charge >= 0.3 is 17.9 Å². The van der Waals surface area contributed by atoms with E-state index >= 15 is 0 Å². The summed E-state index contributed by atoms with van der Waals surface area (Å²) in [4.78, 5) is 37.9. The van der Waals surface area contributed by atoms with Crippen molar-refractivity contribution < 1.29 is 28.6 Å². The molecule has 0 amide bonds. The van der Waals surface area contributed by atoms with Crippen LogP contribution in [0.15, 0.2) is 48.6 Å². The lowest BCUT2D eigenvalue weighted by atomic mass is 10.0. The molecule has 0 aliphatic heterocycles. The summed E-state index contributed by atoms with van der Waals surface area (Å²) in [6.45, 7) is 6.49. The Bertz CT molecular complexity index is 1200. The van der Waals surface area contributed by atoms with E-state index in [0.717, 1.165) is 89.9 Å². The number of esters is 3. The molecule has 69 heavy (non-hydrogen) atoms. The predicted octanol–water partition coefficient (Wildman–Crippen LogP) is 20.2. The average molecular weight is 968 g/mol. The van der Waals surface area contributed by atoms with E-state index < -0.39 is 6.10 Å². The number of allylic oxidation sites excluding steroid dienone is 8. The summed E-state index contributed by atoms with van der Waals surface area (Å²) in [5.74, 6) is -0.873. The number of unbranched alkanes of at least 4 members (excludes halogenated alkanes) is 36. The van der Waals surface area contributed by atoms with Gasteiger partial charge in [0.1, 0.15) is 13.2 Å². The van der Waals surface area contributed by atoms with Crippen LogP contribution >= 0.6 is 0 Å². The summed E-state index contributed by atoms with van der Waals surface area (Å²) >= 11 is 0. The zero-order valence-corrected chi connectivity index (χ0v) is 46.1. The fourth-order valence-electron chi connectivity index (χ4n) is 8.85. The molecule has 1 unspecified atom stereocenters. The lowest BCUT2D eigenvalue weighted by Crippen LogP contribution is -2.30. The first-order chi connectivity index (χ1) is 34.0. The fourth-order valence-corrected chi connectivity index (χ4v) is 8.85. The van der Waals surface area contributed by atoms with E-state index in [-0.39, 0.29) is 31.1 Å². The van der Waals surface area contributed by atoms with Crippen LogP contribution < -0.4 is 0 Å². The molecule has 0 heterocycles. The first kappa shape index (κ1) is 66.4. The van der Waals surface area contributed by atoms with Crippen LogP contribution in [0.5, 0.6) is 0 Å². The van der Waals surface area contributed by atoms with Crippen molar-refractivity contribution >= 4 is 17.9 Å². The molecule has 0 aliphatic rings. The first-order valence-electron chi connectivity index (χ1n) is 30.1. The third kappa shape index (κ3) is 56.2. The lowest BCUT2D eigenvalue weighted by Gasteiger charge is -2.18. The molecule has 6 nitrogen and oxygen atoms in total. The van der Waals surface area contributed by atoms with Gasteiger partial charge in [0.05, 0.1) is 0 Å². The normalized spacial score (nSPS) is 12.3. The van der Waals surface area contributed by atoms with Crippen LogP contribution in [0.1, 0.15) is 316 Å². The van der Waals surface area contributed by atoms with Crippen molar-refractivity contribution in [2.45, 2.75) is 322 Å². The average Bonchev–Trinajstić information content (AvgIpc) is 3.35. The Morgan fingerprint density at radius 1 is 0.304 bits per heavy atom. The van der Waals surface area contributed by atoms with E-state index in [2.05, 4.69) is 69.4 Å². The van der Waals surface area contributed by atoms with Crippen LogP contribution in [0.25, 0.3) is 0 Å². The molecule has 0 radical (unpaired) electrons. The number of carbonyl (C=O) groups is 3. The van der Waals surface area contributed by atoms with Gasteiger partial charge in [0.2, 0.25) is 0 Å². The highest BCUT2D eigenvalue weighted by Crippen LogP contribution is 2.17. The smallest absolute Gasteiger partial charge is 0.306 e. The van der Waals surface area contributed by atoms with E-state index in [0.29, 0.717) is 19.3 Å². The maximum absolute atomic E-state index is 12.8. The molecule has 0 aliphatic carbocycles. The van der Waals surface area contributed by atoms with Gasteiger partial charge in [-0.3, -0.25) is 14.4 Å². The van der Waals surface area contributed by atoms with Crippen molar-refractivity contribution in [1.29, 1.82) is 0 Å². The van der Waals surface area contributed by atoms with Crippen LogP contribution in [0.2, 0.25) is 0 Å². The highest BCUT2D eigenvalue weighted by molar-refractivity contribution is 5.71. The topological polar surface area (TPSA) is 78.9 Å². The molecule has 0 N–H and O–H groups in total. The molecular weight excluding hydrogens is 853 g/mol. The zero-order valence-electron chi connectivity index (χ0n) is 46.1. The Hall–Kier alpha value is -2.63. The van der Waals surface area contributed by atoms with Crippen LogP contribution in [0.4, 0.5) is 0 Å². The van der Waals surface area contributed by atoms with Gasteiger partial charge in [-0.15, -0.1) is 0 Å². The van der Waals surface area contributed by atoms with Crippen molar-refractivity contribution in [1.82, 2.24) is 0 Å². The van der Waals surface area contributed by atoms with E-state index in [9.17, 15) is 14.4 Å². The summed E-state index contributed by atoms with van der Waals surface area (Å²) in [5.41, 5.74) is 0. The monoisotopic (exact) mass is 967 g/mol. The molecular formula is C63H114O6. The van der Waals surface area contributed by atoms with Crippen molar-refractivity contribution in [3.63, 3.8) is 0 Å². The zero-order chi connectivity index (χ0) is 50.0. The number of hydrogen-bond donors (Lipinski definition) is 0. The quantitative estimate of drug-likeness (QED) is 0.0262. The number of ether oxygens (including phenoxy) is 3. The molecule has 0 fully saturated rings. The summed E-state index contributed by atoms with van der Waals surface area (Å²) in [6.07, 6.45) is 71.6. The van der Waals surface area contributed by atoms with Crippen molar-refractivity contribution in [3.05, 3.63) is 48.6 Å². The van der Waals surface area contributed by atoms with Gasteiger partial charge in [-0.2, -0.15) is 0 Å². The van der Waals surface area contributed by atoms with Crippen molar-refractivity contribution in [2.24, 2.45) is 0 Å². The van der Waals surface area contributed by atoms with Gasteiger partial charge in [-0.25, -0.2) is 0 Å². The summed E-state index contributed by atoms with van der Waals surface area (Å²) < 4.78 is 16.8. The van der Waals surface area contributed by atoms with Crippen LogP contribution in [-0.4, -0.2) is 37.2 Å². The van der Waals surface area contributed by atoms with Gasteiger partial charge in [0.15, 0.2) is 6.10 Å². The molecule has 0 rings (SSSR count). The molecule has 0 aromatic carbocycles. The molecule has 1 atom stereocenters. The van der Waals surface area contributed by atoms with E-state index in [1.807, 2.05) is 0 Å². The second-order valence-electron chi connectivity index (χ2n) is 20.2. The van der Waals surface area contributed by atoms with E-state index in [1.165, 1.54) is 186 Å². The number of hydrogen-bond acceptors (Lipinski definition) is 6. The second-order valence-corrected chi connectivity index (χ2v) is 20.2. The molecule has 0 saturated heterocycles. The third-order valence-corrected chi connectivity index (χ3v) is 13.3. The molecule has 402 valence electrons. The molecule has 0 spiro atoms. The van der Waals surface area contributed by atoms with Gasteiger partial charge in [0, 0.05) is 19.3 Å². The minimum Gasteiger partial charge on any atom is -0.462 e. The largest absolute Gasteiger partial charge is 0.462 e. The molecule has 0 saturated carbocycles. The number of rotatable bonds is 55. The highest BCUT2D eigenvalue weighted by atomic mass is 16.6. The first-order valence-corrected chi connectivity index (χ1v) is 30.1. The molecule has 0 bridgehead atoms. The summed E-state index contributed by atoms with van der Waals surface area (Å²) in [7, 11) is 0. The minimum absolute atomic E-state index is 0.0719. The molecule has 0 aromatic heterocycles. The Balaban J connectivity index is 4.04. The standard InChI is InChI=1S/C63H114O6/c1-4-7-10-13-15-17-19-21-23-25-27-29-31-33-35-37-39-41-43-45-47-50-53-56-62(65)68-59-60(58-67-61(64)55-52-49-12-9-6-3)69-63(66)57-54-51-48-46-44-42-40-38-36-34-32-30-28-26-24-22-20-18-16-14-11-8-5-2/h7,10,15,17,21,23,27,29,60H,4-6,8-9,11-14,16,18-20,22,24-26,28,30-59H2,1-3H3/b10-7-,17-15-,23-21-,29-27-. The maximum atomic E-state index is 12.8. The minimum atomic E-state index is -0.769. The Labute approximate surface area is 428 Å². The van der Waals surface area contributed by atoms with Crippen molar-refractivity contribution in [3.8, 4) is 0 Å². The van der Waals surface area contributed by atoms with Crippen LogP contribution in [-0.2, 0) is 28.6 Å².